The number of nitrogens with zero attached hydrogens (tertiary/aromatic N) is 3. The summed E-state index contributed by atoms with van der Waals surface area (Å²) in [7, 11) is 0. The summed E-state index contributed by atoms with van der Waals surface area (Å²) in [6.07, 6.45) is -1.85. The fourth-order valence-corrected chi connectivity index (χ4v) is 4.14. The molecule has 2 fully saturated rings. The van der Waals surface area contributed by atoms with Gasteiger partial charge in [0.1, 0.15) is 17.0 Å². The molecule has 1 N–H and O–H groups in total. The molecule has 1 saturated carbocycles. The predicted octanol–water partition coefficient (Wildman–Crippen LogP) is 5.09. The number of hydrogen-bond donors (Lipinski definition) is 1. The number of nitrogens with one attached hydrogen (secondary N) is 1. The maximum atomic E-state index is 13.4. The number of hydrogen-bond acceptors (Lipinski definition) is 6. The molecule has 0 bridgehead atoms. The van der Waals surface area contributed by atoms with E-state index in [1.54, 1.807) is 36.4 Å². The summed E-state index contributed by atoms with van der Waals surface area (Å²) in [5.41, 5.74) is -0.115. The highest BCUT2D eigenvalue weighted by atomic mass is 19.4. The largest absolute Gasteiger partial charge is 0.573 e. The van der Waals surface area contributed by atoms with Crippen molar-refractivity contribution in [3.05, 3.63) is 78.6 Å². The summed E-state index contributed by atoms with van der Waals surface area (Å²) < 4.78 is 46.5. The van der Waals surface area contributed by atoms with Crippen molar-refractivity contribution in [2.45, 2.75) is 31.3 Å². The van der Waals surface area contributed by atoms with Gasteiger partial charge in [0.15, 0.2) is 0 Å². The van der Waals surface area contributed by atoms with Crippen molar-refractivity contribution in [3.63, 3.8) is 0 Å². The Labute approximate surface area is 208 Å². The van der Waals surface area contributed by atoms with Gasteiger partial charge in [0.25, 0.3) is 5.91 Å². The number of benzene rings is 2. The molecule has 2 aromatic carbocycles. The molecular weight excluding hydrogens is 493 g/mol. The van der Waals surface area contributed by atoms with Crippen molar-refractivity contribution in [3.8, 4) is 11.5 Å². The Kier molecular flexibility index (Phi) is 5.94. The minimum absolute atomic E-state index is 0.0141. The summed E-state index contributed by atoms with van der Waals surface area (Å²) in [6, 6.07) is 13.9. The van der Waals surface area contributed by atoms with Gasteiger partial charge in [-0.2, -0.15) is 0 Å². The van der Waals surface area contributed by atoms with Gasteiger partial charge in [-0.05, 0) is 60.9 Å². The third kappa shape index (κ3) is 4.90. The van der Waals surface area contributed by atoms with Crippen LogP contribution >= 0.6 is 0 Å². The molecule has 1 saturated heterocycles. The van der Waals surface area contributed by atoms with Crippen molar-refractivity contribution in [1.82, 2.24) is 9.88 Å². The van der Waals surface area contributed by atoms with Gasteiger partial charge in [-0.25, -0.2) is 14.5 Å². The second kappa shape index (κ2) is 9.12. The highest BCUT2D eigenvalue weighted by Gasteiger charge is 2.65. The van der Waals surface area contributed by atoms with E-state index in [-0.39, 0.29) is 12.2 Å². The van der Waals surface area contributed by atoms with E-state index in [9.17, 15) is 27.6 Å². The maximum Gasteiger partial charge on any atom is 0.573 e. The van der Waals surface area contributed by atoms with Gasteiger partial charge in [-0.15, -0.1) is 13.2 Å². The summed E-state index contributed by atoms with van der Waals surface area (Å²) >= 11 is 0. The van der Waals surface area contributed by atoms with E-state index < -0.39 is 35.7 Å². The number of halogens is 3. The predicted molar refractivity (Wildman–Crippen MR) is 124 cm³/mol. The van der Waals surface area contributed by atoms with Gasteiger partial charge in [0.2, 0.25) is 0 Å². The van der Waals surface area contributed by atoms with Crippen LogP contribution in [0.15, 0.2) is 73.1 Å². The molecule has 37 heavy (non-hydrogen) atoms. The lowest BCUT2D eigenvalue weighted by Crippen LogP contribution is -2.36. The molecule has 1 aliphatic heterocycles. The average Bonchev–Trinajstić information content (AvgIpc) is 3.63. The molecule has 190 valence electrons. The number of imide groups is 1. The number of ether oxygens (including phenoxy) is 2. The van der Waals surface area contributed by atoms with Crippen LogP contribution in [0.1, 0.15) is 18.4 Å². The van der Waals surface area contributed by atoms with Crippen molar-refractivity contribution >= 4 is 29.4 Å². The van der Waals surface area contributed by atoms with E-state index in [0.29, 0.717) is 29.8 Å². The molecule has 4 amide bonds. The summed E-state index contributed by atoms with van der Waals surface area (Å²) in [5.74, 6) is -0.595. The molecule has 1 spiro atoms. The van der Waals surface area contributed by atoms with E-state index in [1.165, 1.54) is 29.4 Å². The highest BCUT2D eigenvalue weighted by molar-refractivity contribution is 6.24. The molecule has 0 atom stereocenters. The van der Waals surface area contributed by atoms with E-state index in [2.05, 4.69) is 15.0 Å². The third-order valence-electron chi connectivity index (χ3n) is 6.02. The Bertz CT molecular complexity index is 1340. The Balaban J connectivity index is 1.34. The Hall–Kier alpha value is -4.61. The van der Waals surface area contributed by atoms with Crippen LogP contribution in [0, 0.1) is 0 Å². The average molecular weight is 512 g/mol. The number of aromatic nitrogens is 1. The molecular formula is C25H19F3N4O5. The number of carbonyl (C=O) groups excluding carboxylic acids is 3. The second-order valence-electron chi connectivity index (χ2n) is 8.44. The van der Waals surface area contributed by atoms with Crippen LogP contribution in [0.5, 0.6) is 11.5 Å². The fourth-order valence-electron chi connectivity index (χ4n) is 4.14. The molecule has 0 radical (unpaired) electrons. The van der Waals surface area contributed by atoms with Crippen LogP contribution in [0.25, 0.3) is 0 Å². The van der Waals surface area contributed by atoms with Gasteiger partial charge >= 0.3 is 18.5 Å². The highest BCUT2D eigenvalue weighted by Crippen LogP contribution is 2.50. The number of urea groups is 1. The topological polar surface area (TPSA) is 101 Å². The quantitative estimate of drug-likeness (QED) is 0.462. The Morgan fingerprint density at radius 2 is 1.70 bits per heavy atom. The van der Waals surface area contributed by atoms with Crippen molar-refractivity contribution < 1.29 is 37.0 Å². The minimum atomic E-state index is -4.86. The van der Waals surface area contributed by atoms with Crippen molar-refractivity contribution in [2.24, 2.45) is 0 Å². The van der Waals surface area contributed by atoms with Gasteiger partial charge in [-0.3, -0.25) is 15.1 Å². The molecule has 9 nitrogen and oxygen atoms in total. The lowest BCUT2D eigenvalue weighted by Gasteiger charge is -2.22. The van der Waals surface area contributed by atoms with E-state index in [4.69, 9.17) is 4.74 Å². The first-order chi connectivity index (χ1) is 17.7. The Morgan fingerprint density at radius 3 is 2.35 bits per heavy atom. The number of anilines is 2. The number of rotatable bonds is 6. The smallest absolute Gasteiger partial charge is 0.410 e. The minimum Gasteiger partial charge on any atom is -0.410 e. The number of pyridine rings is 1. The zero-order valence-electron chi connectivity index (χ0n) is 19.1. The SMILES string of the molecule is O=C(Nc1cnccc1CN1C(=O)N(c2ccc(OC(F)(F)F)cc2)C(=O)C12CC2)Oc1ccccc1. The third-order valence-corrected chi connectivity index (χ3v) is 6.02. The number of carbonyl (C=O) groups is 3. The molecule has 12 heteroatoms. The standard InChI is InChI=1S/C25H19F3N4O5/c26-25(27,28)37-19-8-6-17(7-9-19)32-21(33)24(11-12-24)31(23(32)35)15-16-10-13-29-14-20(16)30-22(34)36-18-4-2-1-3-5-18/h1-10,13-14H,11-12,15H2,(H,30,34). The van der Waals surface area contributed by atoms with Crippen LogP contribution < -0.4 is 19.7 Å². The van der Waals surface area contributed by atoms with Gasteiger partial charge in [0, 0.05) is 6.20 Å². The van der Waals surface area contributed by atoms with E-state index in [0.717, 1.165) is 17.0 Å². The fraction of sp³-hybridized carbons (Fsp3) is 0.200. The summed E-state index contributed by atoms with van der Waals surface area (Å²) in [4.78, 5) is 45.3. The molecule has 1 aliphatic carbocycles. The summed E-state index contributed by atoms with van der Waals surface area (Å²) in [6.45, 7) is -0.0141. The molecule has 0 unspecified atom stereocenters. The first-order valence-corrected chi connectivity index (χ1v) is 11.1. The van der Waals surface area contributed by atoms with Crippen molar-refractivity contribution in [2.75, 3.05) is 10.2 Å². The number of amides is 4. The van der Waals surface area contributed by atoms with Gasteiger partial charge in [0.05, 0.1) is 24.1 Å². The number of alkyl halides is 3. The zero-order chi connectivity index (χ0) is 26.2. The second-order valence-corrected chi connectivity index (χ2v) is 8.44. The van der Waals surface area contributed by atoms with Crippen LogP contribution in [-0.2, 0) is 11.3 Å². The van der Waals surface area contributed by atoms with Crippen LogP contribution in [0.3, 0.4) is 0 Å². The first kappa shape index (κ1) is 24.1. The van der Waals surface area contributed by atoms with Crippen LogP contribution in [0.4, 0.5) is 34.1 Å². The monoisotopic (exact) mass is 512 g/mol. The number of para-hydroxylation sites is 1. The Morgan fingerprint density at radius 1 is 1.00 bits per heavy atom. The van der Waals surface area contributed by atoms with Gasteiger partial charge in [-0.1, -0.05) is 18.2 Å². The molecule has 2 aliphatic rings. The lowest BCUT2D eigenvalue weighted by atomic mass is 10.1. The zero-order valence-corrected chi connectivity index (χ0v) is 19.1. The molecule has 5 rings (SSSR count). The molecule has 1 aromatic heterocycles. The summed E-state index contributed by atoms with van der Waals surface area (Å²) in [5, 5.41) is 2.61. The maximum absolute atomic E-state index is 13.4. The normalized spacial score (nSPS) is 16.2. The van der Waals surface area contributed by atoms with Gasteiger partial charge < -0.3 is 14.4 Å². The first-order valence-electron chi connectivity index (χ1n) is 11.1. The van der Waals surface area contributed by atoms with Crippen LogP contribution in [-0.4, -0.2) is 39.8 Å². The van der Waals surface area contributed by atoms with Crippen LogP contribution in [0.2, 0.25) is 0 Å². The van der Waals surface area contributed by atoms with E-state index in [1.807, 2.05) is 0 Å². The van der Waals surface area contributed by atoms with E-state index >= 15 is 0 Å². The lowest BCUT2D eigenvalue weighted by molar-refractivity contribution is -0.274. The van der Waals surface area contributed by atoms with Crippen molar-refractivity contribution in [1.29, 1.82) is 0 Å². The molecule has 3 aromatic rings. The molecule has 2 heterocycles.